The van der Waals surface area contributed by atoms with Gasteiger partial charge in [-0.2, -0.15) is 13.2 Å². The van der Waals surface area contributed by atoms with Gasteiger partial charge in [0.25, 0.3) is 11.5 Å². The average molecular weight is 391 g/mol. The lowest BCUT2D eigenvalue weighted by Crippen LogP contribution is -2.24. The molecule has 0 aliphatic carbocycles. The molecule has 0 aliphatic rings. The van der Waals surface area contributed by atoms with Gasteiger partial charge in [-0.25, -0.2) is 14.6 Å². The summed E-state index contributed by atoms with van der Waals surface area (Å²) in [4.78, 5) is 32.3. The molecule has 1 aromatic carbocycles. The van der Waals surface area contributed by atoms with E-state index in [-0.39, 0.29) is 11.5 Å². The zero-order valence-electron chi connectivity index (χ0n) is 15.2. The summed E-state index contributed by atoms with van der Waals surface area (Å²) in [6, 6.07) is 9.29. The van der Waals surface area contributed by atoms with Gasteiger partial charge in [0.1, 0.15) is 22.9 Å². The fourth-order valence-corrected chi connectivity index (χ4v) is 2.72. The number of alkyl halides is 3. The number of amides is 1. The molecule has 0 bridgehead atoms. The Labute approximate surface area is 157 Å². The molecule has 0 fully saturated rings. The zero-order valence-corrected chi connectivity index (χ0v) is 15.2. The molecule has 1 N–H and O–H groups in total. The average Bonchev–Trinajstić information content (AvgIpc) is 2.84. The molecule has 2 heterocycles. The van der Waals surface area contributed by atoms with Crippen molar-refractivity contribution in [3.63, 3.8) is 0 Å². The second-order valence-electron chi connectivity index (χ2n) is 6.07. The minimum atomic E-state index is -4.72. The van der Waals surface area contributed by atoms with E-state index < -0.39 is 29.0 Å². The Morgan fingerprint density at radius 2 is 1.75 bits per heavy atom. The van der Waals surface area contributed by atoms with Crippen LogP contribution in [0.4, 0.5) is 18.9 Å². The number of carbonyl (C=O) groups excluding carboxylic acids is 1. The highest BCUT2D eigenvalue weighted by Crippen LogP contribution is 2.28. The summed E-state index contributed by atoms with van der Waals surface area (Å²) in [5.74, 6) is -1.13. The number of aryl methyl sites for hydroxylation is 1. The first-order chi connectivity index (χ1) is 13.1. The molecule has 28 heavy (non-hydrogen) atoms. The third kappa shape index (κ3) is 3.53. The van der Waals surface area contributed by atoms with Gasteiger partial charge in [-0.15, -0.1) is 0 Å². The van der Waals surface area contributed by atoms with Crippen LogP contribution in [-0.2, 0) is 13.2 Å². The molecule has 0 saturated heterocycles. The Bertz CT molecular complexity index is 1100. The van der Waals surface area contributed by atoms with E-state index in [0.717, 1.165) is 0 Å². The SMILES string of the molecule is Cc1nc(C(=O)Nc2c(C)n(C)n(-c3ccccc3)c2=O)cc(C(F)(F)F)n1. The molecule has 3 aromatic rings. The lowest BCUT2D eigenvalue weighted by molar-refractivity contribution is -0.141. The highest BCUT2D eigenvalue weighted by atomic mass is 19.4. The van der Waals surface area contributed by atoms with E-state index in [1.54, 1.807) is 49.0 Å². The molecule has 0 saturated carbocycles. The summed E-state index contributed by atoms with van der Waals surface area (Å²) in [5, 5.41) is 2.38. The van der Waals surface area contributed by atoms with Crippen molar-refractivity contribution in [1.29, 1.82) is 0 Å². The summed E-state index contributed by atoms with van der Waals surface area (Å²) < 4.78 is 41.7. The standard InChI is InChI=1S/C18H16F3N5O2/c1-10-15(17(28)26(25(10)3)12-7-5-4-6-8-12)24-16(27)13-9-14(18(19,20)21)23-11(2)22-13/h4-9H,1-3H3,(H,24,27). The third-order valence-corrected chi connectivity index (χ3v) is 4.15. The Balaban J connectivity index is 2.01. The molecule has 0 radical (unpaired) electrons. The van der Waals surface area contributed by atoms with E-state index in [9.17, 15) is 22.8 Å². The Kier molecular flexibility index (Phi) is 4.80. The predicted octanol–water partition coefficient (Wildman–Crippen LogP) is 2.85. The van der Waals surface area contributed by atoms with E-state index in [0.29, 0.717) is 17.4 Å². The van der Waals surface area contributed by atoms with Crippen LogP contribution in [0.5, 0.6) is 0 Å². The molecule has 0 aliphatic heterocycles. The molecule has 10 heteroatoms. The van der Waals surface area contributed by atoms with Crippen molar-refractivity contribution >= 4 is 11.6 Å². The van der Waals surface area contributed by atoms with Crippen molar-refractivity contribution in [3.8, 4) is 5.69 Å². The molecule has 1 amide bonds. The van der Waals surface area contributed by atoms with E-state index in [1.165, 1.54) is 11.6 Å². The lowest BCUT2D eigenvalue weighted by atomic mass is 10.2. The fraction of sp³-hybridized carbons (Fsp3) is 0.222. The number of anilines is 1. The lowest BCUT2D eigenvalue weighted by Gasteiger charge is -2.09. The van der Waals surface area contributed by atoms with Crippen molar-refractivity contribution in [2.45, 2.75) is 20.0 Å². The molecule has 2 aromatic heterocycles. The van der Waals surface area contributed by atoms with Crippen molar-refractivity contribution in [2.24, 2.45) is 7.05 Å². The molecule has 0 atom stereocenters. The number of carbonyl (C=O) groups is 1. The second kappa shape index (κ2) is 6.95. The largest absolute Gasteiger partial charge is 0.433 e. The number of benzene rings is 1. The first-order valence-electron chi connectivity index (χ1n) is 8.18. The maximum Gasteiger partial charge on any atom is 0.433 e. The van der Waals surface area contributed by atoms with Gasteiger partial charge in [-0.1, -0.05) is 18.2 Å². The summed E-state index contributed by atoms with van der Waals surface area (Å²) in [5.41, 5.74) is -1.24. The maximum atomic E-state index is 12.9. The van der Waals surface area contributed by atoms with Crippen molar-refractivity contribution in [2.75, 3.05) is 5.32 Å². The van der Waals surface area contributed by atoms with E-state index >= 15 is 0 Å². The fourth-order valence-electron chi connectivity index (χ4n) is 2.72. The van der Waals surface area contributed by atoms with Crippen LogP contribution < -0.4 is 10.9 Å². The van der Waals surface area contributed by atoms with E-state index in [1.807, 2.05) is 0 Å². The van der Waals surface area contributed by atoms with Crippen LogP contribution in [0.1, 0.15) is 27.7 Å². The first-order valence-corrected chi connectivity index (χ1v) is 8.18. The summed E-state index contributed by atoms with van der Waals surface area (Å²) in [6.07, 6.45) is -4.72. The van der Waals surface area contributed by atoms with E-state index in [4.69, 9.17) is 0 Å². The van der Waals surface area contributed by atoms with Crippen LogP contribution in [0.25, 0.3) is 5.69 Å². The van der Waals surface area contributed by atoms with Crippen LogP contribution in [0.2, 0.25) is 0 Å². The normalized spacial score (nSPS) is 11.5. The smallest absolute Gasteiger partial charge is 0.314 e. The minimum absolute atomic E-state index is 0.0406. The third-order valence-electron chi connectivity index (χ3n) is 4.15. The predicted molar refractivity (Wildman–Crippen MR) is 95.5 cm³/mol. The molecular weight excluding hydrogens is 375 g/mol. The van der Waals surface area contributed by atoms with Gasteiger partial charge in [-0.05, 0) is 26.0 Å². The number of hydrogen-bond donors (Lipinski definition) is 1. The minimum Gasteiger partial charge on any atom is -0.314 e. The molecular formula is C18H16F3N5O2. The van der Waals surface area contributed by atoms with Crippen molar-refractivity contribution < 1.29 is 18.0 Å². The van der Waals surface area contributed by atoms with Gasteiger partial charge in [0.15, 0.2) is 0 Å². The van der Waals surface area contributed by atoms with Gasteiger partial charge in [-0.3, -0.25) is 14.3 Å². The van der Waals surface area contributed by atoms with Crippen LogP contribution in [0.3, 0.4) is 0 Å². The first kappa shape index (κ1) is 19.3. The van der Waals surface area contributed by atoms with Gasteiger partial charge < -0.3 is 5.32 Å². The maximum absolute atomic E-state index is 12.9. The monoisotopic (exact) mass is 391 g/mol. The highest BCUT2D eigenvalue weighted by Gasteiger charge is 2.34. The number of hydrogen-bond acceptors (Lipinski definition) is 4. The van der Waals surface area contributed by atoms with Gasteiger partial charge in [0.05, 0.1) is 11.4 Å². The quantitative estimate of drug-likeness (QED) is 0.744. The number of rotatable bonds is 3. The Morgan fingerprint density at radius 1 is 1.11 bits per heavy atom. The molecule has 0 spiro atoms. The zero-order chi connectivity index (χ0) is 20.6. The summed E-state index contributed by atoms with van der Waals surface area (Å²) >= 11 is 0. The molecule has 7 nitrogen and oxygen atoms in total. The second-order valence-corrected chi connectivity index (χ2v) is 6.07. The number of aromatic nitrogens is 4. The Morgan fingerprint density at radius 3 is 2.36 bits per heavy atom. The summed E-state index contributed by atoms with van der Waals surface area (Å²) in [6.45, 7) is 2.87. The van der Waals surface area contributed by atoms with Crippen LogP contribution in [0, 0.1) is 13.8 Å². The molecule has 0 unspecified atom stereocenters. The number of nitrogens with one attached hydrogen (secondary N) is 1. The van der Waals surface area contributed by atoms with E-state index in [2.05, 4.69) is 15.3 Å². The van der Waals surface area contributed by atoms with Crippen LogP contribution in [-0.4, -0.2) is 25.2 Å². The topological polar surface area (TPSA) is 81.8 Å². The molecule has 3 rings (SSSR count). The van der Waals surface area contributed by atoms with Gasteiger partial charge in [0, 0.05) is 13.1 Å². The van der Waals surface area contributed by atoms with Gasteiger partial charge in [0.2, 0.25) is 0 Å². The van der Waals surface area contributed by atoms with Crippen LogP contribution in [0.15, 0.2) is 41.2 Å². The highest BCUT2D eigenvalue weighted by molar-refractivity contribution is 6.03. The molecule has 146 valence electrons. The number of halogens is 3. The van der Waals surface area contributed by atoms with Crippen LogP contribution >= 0.6 is 0 Å². The van der Waals surface area contributed by atoms with Crippen molar-refractivity contribution in [3.05, 3.63) is 69.7 Å². The number of para-hydroxylation sites is 1. The summed E-state index contributed by atoms with van der Waals surface area (Å²) in [7, 11) is 1.63. The van der Waals surface area contributed by atoms with Gasteiger partial charge >= 0.3 is 6.18 Å². The number of nitrogens with zero attached hydrogens (tertiary/aromatic N) is 4. The Hall–Kier alpha value is -3.43. The van der Waals surface area contributed by atoms with Crippen molar-refractivity contribution in [1.82, 2.24) is 19.3 Å².